The maximum absolute atomic E-state index is 10.9. The largest absolute Gasteiger partial charge is 0.481 e. The van der Waals surface area contributed by atoms with E-state index in [0.717, 1.165) is 21.8 Å². The quantitative estimate of drug-likeness (QED) is 0.732. The molecule has 0 spiro atoms. The lowest BCUT2D eigenvalue weighted by Gasteiger charge is -2.08. The van der Waals surface area contributed by atoms with E-state index in [1.165, 1.54) is 0 Å². The molecule has 1 atom stereocenters. The number of halogens is 2. The summed E-state index contributed by atoms with van der Waals surface area (Å²) in [6, 6.07) is 13.2. The standard InChI is InChI=1S/C16H14Cl2O2S/c1-10(16(19)20)12-4-2-11(3-5-12)9-21-13-6-7-14(17)15(18)8-13/h2-8,10H,9H2,1H3,(H,19,20). The molecule has 2 aromatic carbocycles. The molecule has 0 aliphatic heterocycles. The summed E-state index contributed by atoms with van der Waals surface area (Å²) in [4.78, 5) is 12.0. The van der Waals surface area contributed by atoms with Gasteiger partial charge in [0, 0.05) is 10.6 Å². The van der Waals surface area contributed by atoms with Gasteiger partial charge in [-0.2, -0.15) is 0 Å². The van der Waals surface area contributed by atoms with Crippen molar-refractivity contribution >= 4 is 40.9 Å². The maximum atomic E-state index is 10.9. The van der Waals surface area contributed by atoms with E-state index in [1.807, 2.05) is 36.4 Å². The molecule has 2 aromatic rings. The Labute approximate surface area is 138 Å². The predicted molar refractivity (Wildman–Crippen MR) is 88.5 cm³/mol. The summed E-state index contributed by atoms with van der Waals surface area (Å²) in [7, 11) is 0. The summed E-state index contributed by atoms with van der Waals surface area (Å²) in [5, 5.41) is 10.1. The number of carboxylic acids is 1. The average Bonchev–Trinajstić information content (AvgIpc) is 2.48. The van der Waals surface area contributed by atoms with Crippen LogP contribution in [0.3, 0.4) is 0 Å². The molecule has 110 valence electrons. The van der Waals surface area contributed by atoms with E-state index >= 15 is 0 Å². The fourth-order valence-electron chi connectivity index (χ4n) is 1.78. The van der Waals surface area contributed by atoms with Crippen LogP contribution < -0.4 is 0 Å². The van der Waals surface area contributed by atoms with Gasteiger partial charge in [-0.1, -0.05) is 47.5 Å². The van der Waals surface area contributed by atoms with Crippen LogP contribution in [0.15, 0.2) is 47.4 Å². The highest BCUT2D eigenvalue weighted by molar-refractivity contribution is 7.98. The topological polar surface area (TPSA) is 37.3 Å². The Morgan fingerprint density at radius 1 is 1.14 bits per heavy atom. The van der Waals surface area contributed by atoms with Gasteiger partial charge in [0.2, 0.25) is 0 Å². The summed E-state index contributed by atoms with van der Waals surface area (Å²) >= 11 is 13.5. The number of carbonyl (C=O) groups is 1. The van der Waals surface area contributed by atoms with Crippen LogP contribution in [0.2, 0.25) is 10.0 Å². The Balaban J connectivity index is 2.00. The first-order valence-corrected chi connectivity index (χ1v) is 8.11. The van der Waals surface area contributed by atoms with E-state index in [2.05, 4.69) is 0 Å². The van der Waals surface area contributed by atoms with E-state index in [1.54, 1.807) is 24.8 Å². The number of benzene rings is 2. The van der Waals surface area contributed by atoms with E-state index in [9.17, 15) is 4.79 Å². The molecule has 0 amide bonds. The van der Waals surface area contributed by atoms with Gasteiger partial charge in [0.25, 0.3) is 0 Å². The van der Waals surface area contributed by atoms with Crippen LogP contribution in [0.25, 0.3) is 0 Å². The minimum atomic E-state index is -0.812. The first kappa shape index (κ1) is 16.2. The van der Waals surface area contributed by atoms with Gasteiger partial charge in [-0.3, -0.25) is 4.79 Å². The van der Waals surface area contributed by atoms with Gasteiger partial charge >= 0.3 is 5.97 Å². The zero-order chi connectivity index (χ0) is 15.4. The van der Waals surface area contributed by atoms with Crippen LogP contribution in [-0.2, 0) is 10.5 Å². The number of thioether (sulfide) groups is 1. The third-order valence-corrected chi connectivity index (χ3v) is 4.95. The molecule has 0 aliphatic rings. The molecule has 0 bridgehead atoms. The van der Waals surface area contributed by atoms with E-state index < -0.39 is 11.9 Å². The molecule has 0 saturated carbocycles. The van der Waals surface area contributed by atoms with Crippen LogP contribution in [-0.4, -0.2) is 11.1 Å². The molecule has 0 saturated heterocycles. The van der Waals surface area contributed by atoms with Crippen LogP contribution in [0, 0.1) is 0 Å². The van der Waals surface area contributed by atoms with Crippen molar-refractivity contribution in [3.63, 3.8) is 0 Å². The first-order valence-electron chi connectivity index (χ1n) is 6.37. The van der Waals surface area contributed by atoms with E-state index in [-0.39, 0.29) is 0 Å². The van der Waals surface area contributed by atoms with Crippen LogP contribution in [0.5, 0.6) is 0 Å². The Hall–Kier alpha value is -1.16. The van der Waals surface area contributed by atoms with Crippen molar-refractivity contribution in [1.82, 2.24) is 0 Å². The number of aliphatic carboxylic acids is 1. The first-order chi connectivity index (χ1) is 9.97. The molecule has 0 heterocycles. The lowest BCUT2D eigenvalue weighted by Crippen LogP contribution is -2.07. The molecule has 2 nitrogen and oxygen atoms in total. The summed E-state index contributed by atoms with van der Waals surface area (Å²) in [5.41, 5.74) is 1.94. The third-order valence-electron chi connectivity index (χ3n) is 3.15. The Morgan fingerprint density at radius 2 is 1.81 bits per heavy atom. The highest BCUT2D eigenvalue weighted by Crippen LogP contribution is 2.30. The van der Waals surface area contributed by atoms with Crippen molar-refractivity contribution in [2.45, 2.75) is 23.5 Å². The molecule has 5 heteroatoms. The summed E-state index contributed by atoms with van der Waals surface area (Å²) in [5.74, 6) is -0.505. The molecule has 2 rings (SSSR count). The Morgan fingerprint density at radius 3 is 2.38 bits per heavy atom. The second kappa shape index (κ2) is 7.21. The number of hydrogen-bond donors (Lipinski definition) is 1. The van der Waals surface area contributed by atoms with Gasteiger partial charge in [-0.15, -0.1) is 11.8 Å². The second-order valence-corrected chi connectivity index (χ2v) is 6.53. The van der Waals surface area contributed by atoms with Crippen molar-refractivity contribution in [3.05, 3.63) is 63.6 Å². The van der Waals surface area contributed by atoms with Gasteiger partial charge in [-0.05, 0) is 36.2 Å². The number of carboxylic acid groups (broad SMARTS) is 1. The molecule has 0 fully saturated rings. The lowest BCUT2D eigenvalue weighted by atomic mass is 10.0. The molecular weight excluding hydrogens is 327 g/mol. The molecule has 0 radical (unpaired) electrons. The minimum Gasteiger partial charge on any atom is -0.481 e. The fraction of sp³-hybridized carbons (Fsp3) is 0.188. The molecule has 0 aromatic heterocycles. The second-order valence-electron chi connectivity index (χ2n) is 4.67. The number of hydrogen-bond acceptors (Lipinski definition) is 2. The van der Waals surface area contributed by atoms with Crippen molar-refractivity contribution in [1.29, 1.82) is 0 Å². The third kappa shape index (κ3) is 4.40. The van der Waals surface area contributed by atoms with Crippen LogP contribution in [0.1, 0.15) is 24.0 Å². The van der Waals surface area contributed by atoms with Crippen LogP contribution >= 0.6 is 35.0 Å². The van der Waals surface area contributed by atoms with Gasteiger partial charge in [0.05, 0.1) is 16.0 Å². The smallest absolute Gasteiger partial charge is 0.310 e. The SMILES string of the molecule is CC(C(=O)O)c1ccc(CSc2ccc(Cl)c(Cl)c2)cc1. The van der Waals surface area contributed by atoms with Crippen molar-refractivity contribution in [3.8, 4) is 0 Å². The average molecular weight is 341 g/mol. The normalized spacial score (nSPS) is 12.1. The van der Waals surface area contributed by atoms with E-state index in [0.29, 0.717) is 10.0 Å². The zero-order valence-corrected chi connectivity index (χ0v) is 13.7. The van der Waals surface area contributed by atoms with Gasteiger partial charge in [-0.25, -0.2) is 0 Å². The maximum Gasteiger partial charge on any atom is 0.310 e. The highest BCUT2D eigenvalue weighted by Gasteiger charge is 2.12. The summed E-state index contributed by atoms with van der Waals surface area (Å²) in [6.45, 7) is 1.68. The molecule has 21 heavy (non-hydrogen) atoms. The van der Waals surface area contributed by atoms with Crippen molar-refractivity contribution < 1.29 is 9.90 Å². The molecule has 0 aliphatic carbocycles. The minimum absolute atomic E-state index is 0.484. The summed E-state index contributed by atoms with van der Waals surface area (Å²) in [6.07, 6.45) is 0. The predicted octanol–water partition coefficient (Wildman–Crippen LogP) is 5.47. The highest BCUT2D eigenvalue weighted by atomic mass is 35.5. The Kier molecular flexibility index (Phi) is 5.57. The number of rotatable bonds is 5. The van der Waals surface area contributed by atoms with E-state index in [4.69, 9.17) is 28.3 Å². The molecular formula is C16H14Cl2O2S. The Bertz CT molecular complexity index is 641. The lowest BCUT2D eigenvalue weighted by molar-refractivity contribution is -0.138. The monoisotopic (exact) mass is 340 g/mol. The summed E-state index contributed by atoms with van der Waals surface area (Å²) < 4.78 is 0. The molecule has 1 N–H and O–H groups in total. The zero-order valence-electron chi connectivity index (χ0n) is 11.3. The van der Waals surface area contributed by atoms with Gasteiger partial charge in [0.15, 0.2) is 0 Å². The molecule has 1 unspecified atom stereocenters. The van der Waals surface area contributed by atoms with Gasteiger partial charge in [0.1, 0.15) is 0 Å². The van der Waals surface area contributed by atoms with Crippen molar-refractivity contribution in [2.75, 3.05) is 0 Å². The fourth-order valence-corrected chi connectivity index (χ4v) is 3.03. The van der Waals surface area contributed by atoms with Crippen molar-refractivity contribution in [2.24, 2.45) is 0 Å². The van der Waals surface area contributed by atoms with Gasteiger partial charge < -0.3 is 5.11 Å². The van der Waals surface area contributed by atoms with Crippen LogP contribution in [0.4, 0.5) is 0 Å².